The van der Waals surface area contributed by atoms with Gasteiger partial charge in [0.25, 0.3) is 0 Å². The number of hydrogen-bond donors (Lipinski definition) is 1. The molecule has 0 bridgehead atoms. The first-order chi connectivity index (χ1) is 8.56. The van der Waals surface area contributed by atoms with Gasteiger partial charge in [-0.1, -0.05) is 17.7 Å². The number of carbonyl (C=O) groups is 1. The predicted molar refractivity (Wildman–Crippen MR) is 74.6 cm³/mol. The highest BCUT2D eigenvalue weighted by atomic mass is 32.2. The number of thioether (sulfide) groups is 1. The van der Waals surface area contributed by atoms with Crippen LogP contribution in [0.4, 0.5) is 0 Å². The Morgan fingerprint density at radius 1 is 1.44 bits per heavy atom. The summed E-state index contributed by atoms with van der Waals surface area (Å²) in [5.41, 5.74) is 1.83. The first-order valence-corrected chi connectivity index (χ1v) is 7.25. The van der Waals surface area contributed by atoms with Gasteiger partial charge in [-0.15, -0.1) is 23.1 Å². The number of benzene rings is 1. The monoisotopic (exact) mass is 279 g/mol. The fourth-order valence-electron chi connectivity index (χ4n) is 1.56. The number of rotatable bonds is 4. The van der Waals surface area contributed by atoms with Crippen LogP contribution in [0, 0.1) is 13.8 Å². The van der Waals surface area contributed by atoms with Gasteiger partial charge in [0.05, 0.1) is 11.4 Å². The van der Waals surface area contributed by atoms with Crippen LogP contribution in [0.2, 0.25) is 0 Å². The van der Waals surface area contributed by atoms with E-state index in [1.807, 2.05) is 6.07 Å². The lowest BCUT2D eigenvalue weighted by Crippen LogP contribution is -1.94. The lowest BCUT2D eigenvalue weighted by molar-refractivity contribution is 0.0701. The van der Waals surface area contributed by atoms with E-state index in [-0.39, 0.29) is 0 Å². The maximum absolute atomic E-state index is 10.9. The van der Waals surface area contributed by atoms with E-state index in [0.29, 0.717) is 16.3 Å². The molecule has 2 aromatic rings. The third-order valence-corrected chi connectivity index (χ3v) is 4.72. The van der Waals surface area contributed by atoms with E-state index in [4.69, 9.17) is 5.11 Å². The maximum Gasteiger partial charge on any atom is 0.347 e. The summed E-state index contributed by atoms with van der Waals surface area (Å²) in [6, 6.07) is 8.24. The zero-order chi connectivity index (χ0) is 13.1. The van der Waals surface area contributed by atoms with Gasteiger partial charge in [0.2, 0.25) is 0 Å². The third kappa shape index (κ3) is 3.11. The van der Waals surface area contributed by atoms with Crippen LogP contribution in [0.5, 0.6) is 0 Å². The fraction of sp³-hybridized carbons (Fsp3) is 0.231. The van der Waals surface area contributed by atoms with Crippen molar-refractivity contribution in [2.24, 2.45) is 0 Å². The number of thiazole rings is 1. The number of aromatic nitrogens is 1. The first-order valence-electron chi connectivity index (χ1n) is 5.45. The average Bonchev–Trinajstić information content (AvgIpc) is 2.68. The summed E-state index contributed by atoms with van der Waals surface area (Å²) >= 11 is 2.94. The van der Waals surface area contributed by atoms with Crippen LogP contribution >= 0.6 is 23.1 Å². The minimum absolute atomic E-state index is 0.342. The van der Waals surface area contributed by atoms with Gasteiger partial charge in [-0.2, -0.15) is 0 Å². The molecule has 94 valence electrons. The predicted octanol–water partition coefficient (Wildman–Crippen LogP) is 3.75. The summed E-state index contributed by atoms with van der Waals surface area (Å²) in [4.78, 5) is 16.7. The van der Waals surface area contributed by atoms with E-state index >= 15 is 0 Å². The van der Waals surface area contributed by atoms with Crippen LogP contribution in [-0.4, -0.2) is 16.1 Å². The van der Waals surface area contributed by atoms with E-state index in [0.717, 1.165) is 5.01 Å². The van der Waals surface area contributed by atoms with Crippen molar-refractivity contribution in [1.29, 1.82) is 0 Å². The van der Waals surface area contributed by atoms with Gasteiger partial charge in [-0.3, -0.25) is 0 Å². The number of carboxylic acid groups (broad SMARTS) is 1. The lowest BCUT2D eigenvalue weighted by atomic mass is 10.2. The lowest BCUT2D eigenvalue weighted by Gasteiger charge is -2.00. The quantitative estimate of drug-likeness (QED) is 0.866. The zero-order valence-corrected chi connectivity index (χ0v) is 11.8. The molecule has 0 atom stereocenters. The van der Waals surface area contributed by atoms with Crippen molar-refractivity contribution < 1.29 is 9.90 Å². The average molecular weight is 279 g/mol. The molecule has 0 unspecified atom stereocenters. The van der Waals surface area contributed by atoms with Crippen molar-refractivity contribution in [1.82, 2.24) is 4.98 Å². The highest BCUT2D eigenvalue weighted by Crippen LogP contribution is 2.27. The molecule has 1 aromatic heterocycles. The number of carboxylic acids is 1. The summed E-state index contributed by atoms with van der Waals surface area (Å²) in [7, 11) is 0. The van der Waals surface area contributed by atoms with E-state index in [2.05, 4.69) is 30.1 Å². The molecular weight excluding hydrogens is 266 g/mol. The van der Waals surface area contributed by atoms with Gasteiger partial charge in [-0.25, -0.2) is 9.78 Å². The van der Waals surface area contributed by atoms with E-state index in [1.54, 1.807) is 18.7 Å². The van der Waals surface area contributed by atoms with Crippen molar-refractivity contribution in [3.63, 3.8) is 0 Å². The molecule has 1 heterocycles. The van der Waals surface area contributed by atoms with Gasteiger partial charge in [0, 0.05) is 4.90 Å². The molecule has 2 rings (SSSR count). The summed E-state index contributed by atoms with van der Waals surface area (Å²) < 4.78 is 0. The summed E-state index contributed by atoms with van der Waals surface area (Å²) in [6.07, 6.45) is 0. The topological polar surface area (TPSA) is 50.2 Å². The smallest absolute Gasteiger partial charge is 0.347 e. The number of hydrogen-bond acceptors (Lipinski definition) is 4. The first kappa shape index (κ1) is 13.1. The van der Waals surface area contributed by atoms with Crippen molar-refractivity contribution in [2.45, 2.75) is 24.5 Å². The molecule has 0 radical (unpaired) electrons. The normalized spacial score (nSPS) is 10.6. The molecule has 0 saturated carbocycles. The molecule has 3 nitrogen and oxygen atoms in total. The number of aromatic carboxylic acids is 1. The Morgan fingerprint density at radius 3 is 2.83 bits per heavy atom. The highest BCUT2D eigenvalue weighted by molar-refractivity contribution is 7.98. The van der Waals surface area contributed by atoms with Gasteiger partial charge >= 0.3 is 5.97 Å². The Hall–Kier alpha value is -1.33. The van der Waals surface area contributed by atoms with Gasteiger partial charge < -0.3 is 5.11 Å². The molecule has 1 aromatic carbocycles. The van der Waals surface area contributed by atoms with Crippen molar-refractivity contribution >= 4 is 29.1 Å². The molecule has 18 heavy (non-hydrogen) atoms. The van der Waals surface area contributed by atoms with E-state index in [1.165, 1.54) is 21.8 Å². The minimum Gasteiger partial charge on any atom is -0.477 e. The third-order valence-electron chi connectivity index (χ3n) is 2.39. The van der Waals surface area contributed by atoms with Crippen LogP contribution < -0.4 is 0 Å². The Bertz CT molecular complexity index is 578. The second-order valence-electron chi connectivity index (χ2n) is 3.93. The molecule has 0 spiro atoms. The van der Waals surface area contributed by atoms with Crippen LogP contribution in [0.25, 0.3) is 0 Å². The van der Waals surface area contributed by atoms with Gasteiger partial charge in [0.1, 0.15) is 9.88 Å². The van der Waals surface area contributed by atoms with Crippen LogP contribution in [0.15, 0.2) is 29.2 Å². The maximum atomic E-state index is 10.9. The Kier molecular flexibility index (Phi) is 4.04. The minimum atomic E-state index is -0.892. The van der Waals surface area contributed by atoms with Crippen LogP contribution in [-0.2, 0) is 5.75 Å². The van der Waals surface area contributed by atoms with Crippen molar-refractivity contribution in [2.75, 3.05) is 0 Å². The second kappa shape index (κ2) is 5.54. The Labute approximate surface area is 114 Å². The molecule has 0 aliphatic carbocycles. The fourth-order valence-corrected chi connectivity index (χ4v) is 3.47. The molecule has 1 N–H and O–H groups in total. The largest absolute Gasteiger partial charge is 0.477 e. The van der Waals surface area contributed by atoms with Gasteiger partial charge in [0.15, 0.2) is 0 Å². The molecule has 0 aliphatic rings. The Morgan fingerprint density at radius 2 is 2.22 bits per heavy atom. The summed E-state index contributed by atoms with van der Waals surface area (Å²) in [5, 5.41) is 9.82. The molecule has 0 fully saturated rings. The molecule has 0 amide bonds. The zero-order valence-electron chi connectivity index (χ0n) is 10.1. The molecule has 0 aliphatic heterocycles. The van der Waals surface area contributed by atoms with E-state index in [9.17, 15) is 4.79 Å². The van der Waals surface area contributed by atoms with Crippen LogP contribution in [0.3, 0.4) is 0 Å². The van der Waals surface area contributed by atoms with Crippen LogP contribution in [0.1, 0.15) is 25.9 Å². The number of aryl methyl sites for hydroxylation is 2. The van der Waals surface area contributed by atoms with Gasteiger partial charge in [-0.05, 0) is 26.0 Å². The molecule has 0 saturated heterocycles. The molecular formula is C13H13NO2S2. The Balaban J connectivity index is 2.06. The second-order valence-corrected chi connectivity index (χ2v) is 6.06. The standard InChI is InChI=1S/C13H13NO2S2/c1-8-4-3-5-10(6-8)17-7-11-14-9(2)12(18-11)13(15)16/h3-6H,7H2,1-2H3,(H,15,16). The van der Waals surface area contributed by atoms with Crippen molar-refractivity contribution in [3.8, 4) is 0 Å². The SMILES string of the molecule is Cc1cccc(SCc2nc(C)c(C(=O)O)s2)c1. The highest BCUT2D eigenvalue weighted by Gasteiger charge is 2.13. The number of nitrogens with zero attached hydrogens (tertiary/aromatic N) is 1. The van der Waals surface area contributed by atoms with E-state index < -0.39 is 5.97 Å². The summed E-state index contributed by atoms with van der Waals surface area (Å²) in [5.74, 6) is -0.181. The summed E-state index contributed by atoms with van der Waals surface area (Å²) in [6.45, 7) is 3.79. The van der Waals surface area contributed by atoms with Crippen molar-refractivity contribution in [3.05, 3.63) is 45.4 Å². The molecule has 5 heteroatoms.